The van der Waals surface area contributed by atoms with Gasteiger partial charge in [0.1, 0.15) is 5.82 Å². The van der Waals surface area contributed by atoms with E-state index in [1.165, 1.54) is 0 Å². The minimum atomic E-state index is -0.174. The number of anilines is 1. The van der Waals surface area contributed by atoms with Gasteiger partial charge in [0.2, 0.25) is 0 Å². The van der Waals surface area contributed by atoms with Crippen LogP contribution in [0.15, 0.2) is 12.1 Å². The topological polar surface area (TPSA) is 29.3 Å². The first-order valence-corrected chi connectivity index (χ1v) is 6.67. The minimum Gasteiger partial charge on any atom is -0.371 e. The van der Waals surface area contributed by atoms with Gasteiger partial charge in [0.05, 0.1) is 0 Å². The Morgan fingerprint density at radius 1 is 1.28 bits per heavy atom. The van der Waals surface area contributed by atoms with Crippen molar-refractivity contribution in [1.82, 2.24) is 0 Å². The number of aryl methyl sites for hydroxylation is 1. The quantitative estimate of drug-likeness (QED) is 0.867. The van der Waals surface area contributed by atoms with E-state index in [-0.39, 0.29) is 11.9 Å². The zero-order chi connectivity index (χ0) is 13.9. The first kappa shape index (κ1) is 15.0. The van der Waals surface area contributed by atoms with Crippen LogP contribution in [-0.4, -0.2) is 13.1 Å². The summed E-state index contributed by atoms with van der Waals surface area (Å²) >= 11 is 0. The number of halogens is 1. The van der Waals surface area contributed by atoms with Gasteiger partial charge in [0, 0.05) is 24.8 Å². The Balaban J connectivity index is 3.22. The van der Waals surface area contributed by atoms with Crippen molar-refractivity contribution in [3.8, 4) is 0 Å². The van der Waals surface area contributed by atoms with Crippen LogP contribution in [0.2, 0.25) is 0 Å². The maximum Gasteiger partial charge on any atom is 0.126 e. The third kappa shape index (κ3) is 3.45. The second-order valence-corrected chi connectivity index (χ2v) is 5.38. The van der Waals surface area contributed by atoms with Crippen molar-refractivity contribution >= 4 is 5.69 Å². The summed E-state index contributed by atoms with van der Waals surface area (Å²) in [7, 11) is 0. The third-order valence-corrected chi connectivity index (χ3v) is 3.11. The average molecular weight is 252 g/mol. The smallest absolute Gasteiger partial charge is 0.126 e. The molecule has 1 aromatic rings. The fraction of sp³-hybridized carbons (Fsp3) is 0.600. The van der Waals surface area contributed by atoms with Gasteiger partial charge in [-0.1, -0.05) is 13.8 Å². The number of hydrogen-bond acceptors (Lipinski definition) is 2. The Morgan fingerprint density at radius 3 is 2.33 bits per heavy atom. The van der Waals surface area contributed by atoms with E-state index in [9.17, 15) is 4.39 Å². The van der Waals surface area contributed by atoms with Gasteiger partial charge in [-0.05, 0) is 49.9 Å². The minimum absolute atomic E-state index is 0.156. The highest BCUT2D eigenvalue weighted by atomic mass is 19.1. The molecule has 0 fully saturated rings. The first-order valence-electron chi connectivity index (χ1n) is 6.67. The average Bonchev–Trinajstić information content (AvgIpc) is 2.28. The van der Waals surface area contributed by atoms with Crippen LogP contribution in [0.25, 0.3) is 0 Å². The van der Waals surface area contributed by atoms with Crippen molar-refractivity contribution in [3.05, 3.63) is 29.1 Å². The fourth-order valence-electron chi connectivity index (χ4n) is 2.16. The highest BCUT2D eigenvalue weighted by Crippen LogP contribution is 2.28. The zero-order valence-electron chi connectivity index (χ0n) is 12.1. The summed E-state index contributed by atoms with van der Waals surface area (Å²) in [5.74, 6) is 0.392. The number of nitrogens with two attached hydrogens (primary N) is 1. The molecule has 0 aromatic heterocycles. The summed E-state index contributed by atoms with van der Waals surface area (Å²) in [5, 5.41) is 0. The Bertz CT molecular complexity index is 400. The van der Waals surface area contributed by atoms with Gasteiger partial charge in [-0.15, -0.1) is 0 Å². The first-order chi connectivity index (χ1) is 8.36. The van der Waals surface area contributed by atoms with E-state index in [4.69, 9.17) is 5.73 Å². The molecule has 1 unspecified atom stereocenters. The molecule has 1 atom stereocenters. The van der Waals surface area contributed by atoms with Crippen molar-refractivity contribution in [2.75, 3.05) is 18.0 Å². The molecule has 0 saturated carbocycles. The van der Waals surface area contributed by atoms with Crippen LogP contribution in [-0.2, 0) is 0 Å². The van der Waals surface area contributed by atoms with Crippen LogP contribution >= 0.6 is 0 Å². The number of nitrogens with zero attached hydrogens (tertiary/aromatic N) is 1. The van der Waals surface area contributed by atoms with E-state index in [2.05, 4.69) is 25.7 Å². The summed E-state index contributed by atoms with van der Waals surface area (Å²) in [5.41, 5.74) is 8.60. The highest BCUT2D eigenvalue weighted by Gasteiger charge is 2.16. The molecular weight excluding hydrogens is 227 g/mol. The number of hydrogen-bond donors (Lipinski definition) is 1. The van der Waals surface area contributed by atoms with E-state index in [0.717, 1.165) is 24.3 Å². The van der Waals surface area contributed by atoms with Gasteiger partial charge in [-0.25, -0.2) is 4.39 Å². The van der Waals surface area contributed by atoms with Crippen molar-refractivity contribution in [3.63, 3.8) is 0 Å². The second kappa shape index (κ2) is 6.19. The van der Waals surface area contributed by atoms with Crippen LogP contribution in [0, 0.1) is 18.7 Å². The van der Waals surface area contributed by atoms with Gasteiger partial charge >= 0.3 is 0 Å². The van der Waals surface area contributed by atoms with E-state index in [1.807, 2.05) is 13.0 Å². The van der Waals surface area contributed by atoms with Gasteiger partial charge in [-0.3, -0.25) is 0 Å². The molecule has 0 amide bonds. The molecule has 0 spiro atoms. The van der Waals surface area contributed by atoms with E-state index in [0.29, 0.717) is 11.5 Å². The van der Waals surface area contributed by atoms with Crippen LogP contribution in [0.3, 0.4) is 0 Å². The van der Waals surface area contributed by atoms with Crippen LogP contribution in [0.1, 0.15) is 44.9 Å². The van der Waals surface area contributed by atoms with Gasteiger partial charge in [0.15, 0.2) is 0 Å². The standard InChI is InChI=1S/C15H25FN2/c1-6-18(9-10(2)3)15-7-11(4)14(16)8-13(15)12(5)17/h7-8,10,12H,6,9,17H2,1-5H3. The predicted molar refractivity (Wildman–Crippen MR) is 76.5 cm³/mol. The highest BCUT2D eigenvalue weighted by molar-refractivity contribution is 5.57. The van der Waals surface area contributed by atoms with Gasteiger partial charge in [-0.2, -0.15) is 0 Å². The maximum absolute atomic E-state index is 13.7. The maximum atomic E-state index is 13.7. The molecule has 0 aliphatic carbocycles. The summed E-state index contributed by atoms with van der Waals surface area (Å²) < 4.78 is 13.7. The zero-order valence-corrected chi connectivity index (χ0v) is 12.1. The summed E-state index contributed by atoms with van der Waals surface area (Å²) in [6.45, 7) is 12.1. The number of benzene rings is 1. The lowest BCUT2D eigenvalue weighted by Gasteiger charge is -2.29. The molecule has 0 bridgehead atoms. The molecule has 3 heteroatoms. The molecule has 18 heavy (non-hydrogen) atoms. The normalized spacial score (nSPS) is 12.9. The lowest BCUT2D eigenvalue weighted by Crippen LogP contribution is -2.29. The van der Waals surface area contributed by atoms with Crippen LogP contribution in [0.5, 0.6) is 0 Å². The molecular formula is C15H25FN2. The monoisotopic (exact) mass is 252 g/mol. The van der Waals surface area contributed by atoms with Crippen molar-refractivity contribution in [2.24, 2.45) is 11.7 Å². The van der Waals surface area contributed by atoms with Gasteiger partial charge in [0.25, 0.3) is 0 Å². The van der Waals surface area contributed by atoms with Crippen molar-refractivity contribution < 1.29 is 4.39 Å². The van der Waals surface area contributed by atoms with E-state index in [1.54, 1.807) is 13.0 Å². The molecule has 2 N–H and O–H groups in total. The summed E-state index contributed by atoms with van der Waals surface area (Å²) in [4.78, 5) is 2.27. The second-order valence-electron chi connectivity index (χ2n) is 5.38. The fourth-order valence-corrected chi connectivity index (χ4v) is 2.16. The van der Waals surface area contributed by atoms with E-state index >= 15 is 0 Å². The summed E-state index contributed by atoms with van der Waals surface area (Å²) in [6.07, 6.45) is 0. The lowest BCUT2D eigenvalue weighted by atomic mass is 10.0. The van der Waals surface area contributed by atoms with Crippen molar-refractivity contribution in [1.29, 1.82) is 0 Å². The molecule has 0 radical (unpaired) electrons. The van der Waals surface area contributed by atoms with Gasteiger partial charge < -0.3 is 10.6 Å². The SMILES string of the molecule is CCN(CC(C)C)c1cc(C)c(F)cc1C(C)N. The largest absolute Gasteiger partial charge is 0.371 e. The Labute approximate surface area is 110 Å². The van der Waals surface area contributed by atoms with Crippen molar-refractivity contribution in [2.45, 2.75) is 40.7 Å². The van der Waals surface area contributed by atoms with E-state index < -0.39 is 0 Å². The third-order valence-electron chi connectivity index (χ3n) is 3.11. The Hall–Kier alpha value is -1.09. The molecule has 0 saturated heterocycles. The molecule has 0 aliphatic heterocycles. The molecule has 1 rings (SSSR count). The lowest BCUT2D eigenvalue weighted by molar-refractivity contribution is 0.602. The van der Waals surface area contributed by atoms with Crippen LogP contribution in [0.4, 0.5) is 10.1 Å². The predicted octanol–water partition coefficient (Wildman–Crippen LogP) is 3.64. The molecule has 2 nitrogen and oxygen atoms in total. The summed E-state index contributed by atoms with van der Waals surface area (Å²) in [6, 6.07) is 3.34. The Kier molecular flexibility index (Phi) is 5.15. The molecule has 0 aliphatic rings. The van der Waals surface area contributed by atoms with Crippen LogP contribution < -0.4 is 10.6 Å². The molecule has 102 valence electrons. The molecule has 0 heterocycles. The Morgan fingerprint density at radius 2 is 1.89 bits per heavy atom. The molecule has 1 aromatic carbocycles. The number of rotatable bonds is 5.